The third-order valence-corrected chi connectivity index (χ3v) is 3.01. The van der Waals surface area contributed by atoms with Crippen molar-refractivity contribution in [1.82, 2.24) is 0 Å². The van der Waals surface area contributed by atoms with Crippen molar-refractivity contribution >= 4 is 27.8 Å². The van der Waals surface area contributed by atoms with Gasteiger partial charge < -0.3 is 0 Å². The molecule has 3 heteroatoms. The molecule has 0 amide bonds. The first-order valence-electron chi connectivity index (χ1n) is 5.39. The van der Waals surface area contributed by atoms with Gasteiger partial charge in [0.05, 0.1) is 4.48 Å². The summed E-state index contributed by atoms with van der Waals surface area (Å²) in [6.07, 6.45) is 1.68. The van der Waals surface area contributed by atoms with Crippen molar-refractivity contribution < 1.29 is 9.18 Å². The van der Waals surface area contributed by atoms with E-state index in [2.05, 4.69) is 15.9 Å². The van der Waals surface area contributed by atoms with Gasteiger partial charge >= 0.3 is 0 Å². The number of allylic oxidation sites excluding steroid dienone is 1. The molecule has 0 heterocycles. The Bertz CT molecular complexity index is 573. The Morgan fingerprint density at radius 1 is 1.00 bits per heavy atom. The van der Waals surface area contributed by atoms with Crippen LogP contribution >= 0.6 is 15.9 Å². The number of benzene rings is 2. The van der Waals surface area contributed by atoms with Crippen molar-refractivity contribution in [2.75, 3.05) is 0 Å². The largest absolute Gasteiger partial charge is 0.288 e. The van der Waals surface area contributed by atoms with Crippen molar-refractivity contribution in [3.05, 3.63) is 76.0 Å². The summed E-state index contributed by atoms with van der Waals surface area (Å²) in [5.41, 5.74) is 1.38. The second kappa shape index (κ2) is 5.74. The van der Waals surface area contributed by atoms with E-state index in [0.717, 1.165) is 5.56 Å². The second-order valence-corrected chi connectivity index (χ2v) is 4.59. The first-order valence-corrected chi connectivity index (χ1v) is 6.18. The van der Waals surface area contributed by atoms with Gasteiger partial charge in [-0.15, -0.1) is 0 Å². The molecule has 0 aliphatic rings. The molecule has 0 bridgehead atoms. The molecule has 18 heavy (non-hydrogen) atoms. The molecule has 0 aliphatic heterocycles. The third kappa shape index (κ3) is 3.14. The van der Waals surface area contributed by atoms with Crippen LogP contribution in [-0.4, -0.2) is 5.78 Å². The average Bonchev–Trinajstić information content (AvgIpc) is 2.41. The lowest BCUT2D eigenvalue weighted by atomic mass is 10.1. The molecule has 0 radical (unpaired) electrons. The number of hydrogen-bond donors (Lipinski definition) is 0. The average molecular weight is 305 g/mol. The molecular formula is C15H10BrFO. The lowest BCUT2D eigenvalue weighted by molar-refractivity contribution is 0.104. The molecule has 0 saturated carbocycles. The van der Waals surface area contributed by atoms with Gasteiger partial charge in [0.1, 0.15) is 5.82 Å². The molecule has 0 aromatic heterocycles. The van der Waals surface area contributed by atoms with E-state index in [0.29, 0.717) is 10.0 Å². The minimum Gasteiger partial charge on any atom is -0.288 e. The quantitative estimate of drug-likeness (QED) is 0.605. The van der Waals surface area contributed by atoms with Crippen molar-refractivity contribution in [2.45, 2.75) is 0 Å². The maximum absolute atomic E-state index is 12.7. The summed E-state index contributed by atoms with van der Waals surface area (Å²) >= 11 is 3.25. The molecular weight excluding hydrogens is 295 g/mol. The van der Waals surface area contributed by atoms with Crippen LogP contribution in [0.2, 0.25) is 0 Å². The van der Waals surface area contributed by atoms with Gasteiger partial charge in [0, 0.05) is 5.56 Å². The molecule has 90 valence electrons. The van der Waals surface area contributed by atoms with Crippen LogP contribution in [0.5, 0.6) is 0 Å². The van der Waals surface area contributed by atoms with Gasteiger partial charge in [-0.05, 0) is 39.7 Å². The Morgan fingerprint density at radius 3 is 2.22 bits per heavy atom. The molecule has 1 nitrogen and oxygen atoms in total. The van der Waals surface area contributed by atoms with Gasteiger partial charge in [-0.3, -0.25) is 4.79 Å². The minimum absolute atomic E-state index is 0.0973. The fourth-order valence-electron chi connectivity index (χ4n) is 1.50. The maximum Gasteiger partial charge on any atom is 0.199 e. The lowest BCUT2D eigenvalue weighted by Crippen LogP contribution is -1.97. The first-order chi connectivity index (χ1) is 8.66. The molecule has 0 aliphatic carbocycles. The van der Waals surface area contributed by atoms with Crippen molar-refractivity contribution in [3.8, 4) is 0 Å². The summed E-state index contributed by atoms with van der Waals surface area (Å²) in [7, 11) is 0. The molecule has 0 fully saturated rings. The molecule has 0 saturated heterocycles. The summed E-state index contributed by atoms with van der Waals surface area (Å²) in [5, 5.41) is 0. The van der Waals surface area contributed by atoms with Crippen LogP contribution in [0.3, 0.4) is 0 Å². The highest BCUT2D eigenvalue weighted by molar-refractivity contribution is 9.12. The van der Waals surface area contributed by atoms with Crippen molar-refractivity contribution in [3.63, 3.8) is 0 Å². The minimum atomic E-state index is -0.294. The Hall–Kier alpha value is -1.74. The predicted molar refractivity (Wildman–Crippen MR) is 74.1 cm³/mol. The van der Waals surface area contributed by atoms with E-state index in [9.17, 15) is 9.18 Å². The van der Waals surface area contributed by atoms with E-state index >= 15 is 0 Å². The summed E-state index contributed by atoms with van der Waals surface area (Å²) in [4.78, 5) is 12.0. The van der Waals surface area contributed by atoms with E-state index in [1.807, 2.05) is 18.2 Å². The third-order valence-electron chi connectivity index (χ3n) is 2.42. The summed E-state index contributed by atoms with van der Waals surface area (Å²) in [5.74, 6) is -0.391. The first kappa shape index (κ1) is 12.7. The monoisotopic (exact) mass is 304 g/mol. The fraction of sp³-hybridized carbons (Fsp3) is 0. The molecule has 0 spiro atoms. The Balaban J connectivity index is 2.23. The predicted octanol–water partition coefficient (Wildman–Crippen LogP) is 4.44. The molecule has 0 atom stereocenters. The summed E-state index contributed by atoms with van der Waals surface area (Å²) in [6, 6.07) is 14.9. The van der Waals surface area contributed by atoms with Gasteiger partial charge in [-0.1, -0.05) is 42.5 Å². The van der Waals surface area contributed by atoms with E-state index in [1.165, 1.54) is 12.1 Å². The molecule has 0 unspecified atom stereocenters. The Morgan fingerprint density at radius 2 is 1.61 bits per heavy atom. The van der Waals surface area contributed by atoms with Gasteiger partial charge in [-0.25, -0.2) is 4.39 Å². The van der Waals surface area contributed by atoms with Crippen LogP contribution in [0.25, 0.3) is 6.08 Å². The number of rotatable bonds is 3. The number of Topliss-reactive ketones (excluding diaryl/α,β-unsaturated/α-hetero) is 1. The van der Waals surface area contributed by atoms with Gasteiger partial charge in [0.25, 0.3) is 0 Å². The van der Waals surface area contributed by atoms with E-state index in [4.69, 9.17) is 0 Å². The number of halogens is 2. The topological polar surface area (TPSA) is 17.1 Å². The van der Waals surface area contributed by atoms with Crippen LogP contribution in [-0.2, 0) is 0 Å². The Kier molecular flexibility index (Phi) is 4.05. The van der Waals surface area contributed by atoms with Crippen LogP contribution in [0, 0.1) is 5.82 Å². The van der Waals surface area contributed by atoms with Crippen LogP contribution in [0.15, 0.2) is 59.1 Å². The van der Waals surface area contributed by atoms with E-state index in [-0.39, 0.29) is 11.6 Å². The maximum atomic E-state index is 12.7. The standard InChI is InChI=1S/C15H10BrFO/c16-14(10-11-6-8-13(17)9-7-11)15(18)12-4-2-1-3-5-12/h1-10H. The summed E-state index contributed by atoms with van der Waals surface area (Å²) < 4.78 is 13.2. The zero-order valence-corrected chi connectivity index (χ0v) is 11.0. The zero-order chi connectivity index (χ0) is 13.0. The lowest BCUT2D eigenvalue weighted by Gasteiger charge is -2.00. The molecule has 2 aromatic carbocycles. The number of ketones is 1. The van der Waals surface area contributed by atoms with Crippen LogP contribution in [0.1, 0.15) is 15.9 Å². The van der Waals surface area contributed by atoms with Crippen molar-refractivity contribution in [1.29, 1.82) is 0 Å². The highest BCUT2D eigenvalue weighted by Gasteiger charge is 2.08. The SMILES string of the molecule is O=C(C(Br)=Cc1ccc(F)cc1)c1ccccc1. The van der Waals surface area contributed by atoms with Crippen LogP contribution < -0.4 is 0 Å². The normalized spacial score (nSPS) is 11.3. The van der Waals surface area contributed by atoms with Crippen molar-refractivity contribution in [2.24, 2.45) is 0 Å². The van der Waals surface area contributed by atoms with Crippen LogP contribution in [0.4, 0.5) is 4.39 Å². The highest BCUT2D eigenvalue weighted by atomic mass is 79.9. The van der Waals surface area contributed by atoms with E-state index < -0.39 is 0 Å². The number of carbonyl (C=O) groups is 1. The number of hydrogen-bond acceptors (Lipinski definition) is 1. The molecule has 2 rings (SSSR count). The van der Waals surface area contributed by atoms with Gasteiger partial charge in [0.15, 0.2) is 5.78 Å². The van der Waals surface area contributed by atoms with E-state index in [1.54, 1.807) is 30.3 Å². The fourth-order valence-corrected chi connectivity index (χ4v) is 1.99. The molecule has 0 N–H and O–H groups in total. The zero-order valence-electron chi connectivity index (χ0n) is 9.44. The molecule has 2 aromatic rings. The smallest absolute Gasteiger partial charge is 0.199 e. The second-order valence-electron chi connectivity index (χ2n) is 3.74. The summed E-state index contributed by atoms with van der Waals surface area (Å²) in [6.45, 7) is 0. The highest BCUT2D eigenvalue weighted by Crippen LogP contribution is 2.18. The Labute approximate surface area is 113 Å². The van der Waals surface area contributed by atoms with Gasteiger partial charge in [-0.2, -0.15) is 0 Å². The number of carbonyl (C=O) groups excluding carboxylic acids is 1. The van der Waals surface area contributed by atoms with Gasteiger partial charge in [0.2, 0.25) is 0 Å².